The first-order valence-electron chi connectivity index (χ1n) is 10.3. The Hall–Kier alpha value is -2.83. The molecule has 4 rings (SSSR count). The van der Waals surface area contributed by atoms with Crippen LogP contribution in [0.25, 0.3) is 0 Å². The lowest BCUT2D eigenvalue weighted by Crippen LogP contribution is -2.44. The van der Waals surface area contributed by atoms with E-state index in [2.05, 4.69) is 39.8 Å². The summed E-state index contributed by atoms with van der Waals surface area (Å²) in [5.74, 6) is -1.22. The Morgan fingerprint density at radius 2 is 1.77 bits per heavy atom. The number of benzene rings is 2. The number of nitrogens with one attached hydrogen (secondary N) is 2. The molecule has 31 heavy (non-hydrogen) atoms. The Bertz CT molecular complexity index is 1040. The van der Waals surface area contributed by atoms with Crippen LogP contribution >= 0.6 is 22.9 Å². The number of halogens is 1. The van der Waals surface area contributed by atoms with E-state index in [1.54, 1.807) is 11.3 Å². The minimum atomic E-state index is -0.610. The Labute approximate surface area is 191 Å². The maximum atomic E-state index is 12.4. The molecule has 0 radical (unpaired) electrons. The summed E-state index contributed by atoms with van der Waals surface area (Å²) in [5, 5.41) is 8.24. The van der Waals surface area contributed by atoms with Crippen molar-refractivity contribution in [3.05, 3.63) is 87.1 Å². The molecule has 1 atom stereocenters. The average Bonchev–Trinajstić information content (AvgIpc) is 3.46. The molecule has 0 bridgehead atoms. The highest BCUT2D eigenvalue weighted by Gasteiger charge is 2.28. The molecule has 0 saturated carbocycles. The number of rotatable bonds is 7. The fraction of sp³-hybridized carbons (Fsp3) is 0.250. The number of carbonyl (C=O) groups is 2. The van der Waals surface area contributed by atoms with Crippen LogP contribution in [0, 0.1) is 0 Å². The molecule has 1 aliphatic heterocycles. The van der Waals surface area contributed by atoms with Gasteiger partial charge in [-0.2, -0.15) is 0 Å². The van der Waals surface area contributed by atoms with Gasteiger partial charge in [-0.05, 0) is 53.6 Å². The monoisotopic (exact) mass is 453 g/mol. The molecule has 1 unspecified atom stereocenters. The number of para-hydroxylation sites is 1. The summed E-state index contributed by atoms with van der Waals surface area (Å²) < 4.78 is 0. The van der Waals surface area contributed by atoms with Gasteiger partial charge >= 0.3 is 11.8 Å². The van der Waals surface area contributed by atoms with Crippen molar-refractivity contribution in [1.82, 2.24) is 10.6 Å². The minimum absolute atomic E-state index is 0.00512. The summed E-state index contributed by atoms with van der Waals surface area (Å²) in [6.45, 7) is 1.66. The lowest BCUT2D eigenvalue weighted by atomic mass is 10.1. The SMILES string of the molecule is O=C(NCCc1ccc(Cl)cc1)C(=O)NCC(c1cccs1)N1CCc2ccccc21. The van der Waals surface area contributed by atoms with Crippen molar-refractivity contribution in [3.63, 3.8) is 0 Å². The molecule has 0 spiro atoms. The average molecular weight is 454 g/mol. The fourth-order valence-electron chi connectivity index (χ4n) is 3.85. The summed E-state index contributed by atoms with van der Waals surface area (Å²) in [6, 6.07) is 19.9. The largest absolute Gasteiger partial charge is 0.361 e. The molecule has 2 amide bonds. The van der Waals surface area contributed by atoms with Gasteiger partial charge in [0.25, 0.3) is 0 Å². The highest BCUT2D eigenvalue weighted by Crippen LogP contribution is 2.36. The summed E-state index contributed by atoms with van der Waals surface area (Å²) in [6.07, 6.45) is 1.62. The predicted molar refractivity (Wildman–Crippen MR) is 126 cm³/mol. The summed E-state index contributed by atoms with van der Waals surface area (Å²) in [7, 11) is 0. The predicted octanol–water partition coefficient (Wildman–Crippen LogP) is 3.98. The molecular formula is C24H24ClN3O2S. The number of hydrogen-bond acceptors (Lipinski definition) is 4. The van der Waals surface area contributed by atoms with Crippen molar-refractivity contribution in [2.75, 3.05) is 24.5 Å². The zero-order chi connectivity index (χ0) is 21.6. The molecule has 2 heterocycles. The first-order valence-corrected chi connectivity index (χ1v) is 11.6. The standard InChI is InChI=1S/C24H24ClN3O2S/c25-19-9-7-17(8-10-19)11-13-26-23(29)24(30)27-16-21(22-6-3-15-31-22)28-14-12-18-4-1-2-5-20(18)28/h1-10,15,21H,11-14,16H2,(H,26,29)(H,27,30). The minimum Gasteiger partial charge on any atom is -0.361 e. The van der Waals surface area contributed by atoms with E-state index in [9.17, 15) is 9.59 Å². The van der Waals surface area contributed by atoms with Gasteiger partial charge in [0.15, 0.2) is 0 Å². The maximum absolute atomic E-state index is 12.4. The third-order valence-electron chi connectivity index (χ3n) is 5.45. The van der Waals surface area contributed by atoms with E-state index in [1.165, 1.54) is 16.1 Å². The topological polar surface area (TPSA) is 61.4 Å². The second kappa shape index (κ2) is 9.98. The van der Waals surface area contributed by atoms with Crippen molar-refractivity contribution >= 4 is 40.4 Å². The van der Waals surface area contributed by atoms with Crippen LogP contribution in [0.4, 0.5) is 5.69 Å². The van der Waals surface area contributed by atoms with Gasteiger partial charge in [0, 0.05) is 35.2 Å². The van der Waals surface area contributed by atoms with Crippen LogP contribution in [0.1, 0.15) is 22.0 Å². The second-order valence-corrected chi connectivity index (χ2v) is 8.86. The van der Waals surface area contributed by atoms with Crippen LogP contribution in [-0.4, -0.2) is 31.4 Å². The third-order valence-corrected chi connectivity index (χ3v) is 6.67. The summed E-state index contributed by atoms with van der Waals surface area (Å²) in [5.41, 5.74) is 3.56. The Kier molecular flexibility index (Phi) is 6.89. The number of hydrogen-bond donors (Lipinski definition) is 2. The number of thiophene rings is 1. The zero-order valence-corrected chi connectivity index (χ0v) is 18.6. The van der Waals surface area contributed by atoms with Gasteiger partial charge < -0.3 is 15.5 Å². The molecule has 7 heteroatoms. The number of fused-ring (bicyclic) bond motifs is 1. The normalized spacial score (nSPS) is 13.5. The van der Waals surface area contributed by atoms with Crippen molar-refractivity contribution in [1.29, 1.82) is 0 Å². The Morgan fingerprint density at radius 1 is 1.00 bits per heavy atom. The molecule has 2 aromatic carbocycles. The van der Waals surface area contributed by atoms with Crippen LogP contribution < -0.4 is 15.5 Å². The van der Waals surface area contributed by atoms with E-state index in [0.717, 1.165) is 18.5 Å². The lowest BCUT2D eigenvalue weighted by molar-refractivity contribution is -0.139. The van der Waals surface area contributed by atoms with Gasteiger partial charge in [-0.25, -0.2) is 0 Å². The quantitative estimate of drug-likeness (QED) is 0.532. The van der Waals surface area contributed by atoms with Gasteiger partial charge in [0.05, 0.1) is 6.04 Å². The molecule has 1 aromatic heterocycles. The number of anilines is 1. The van der Waals surface area contributed by atoms with Crippen LogP contribution in [0.5, 0.6) is 0 Å². The van der Waals surface area contributed by atoms with E-state index in [4.69, 9.17) is 11.6 Å². The molecule has 5 nitrogen and oxygen atoms in total. The Morgan fingerprint density at radius 3 is 2.55 bits per heavy atom. The molecule has 0 aliphatic carbocycles. The Balaban J connectivity index is 1.33. The molecule has 0 fully saturated rings. The van der Waals surface area contributed by atoms with E-state index in [1.807, 2.05) is 41.8 Å². The van der Waals surface area contributed by atoms with Gasteiger partial charge in [-0.15, -0.1) is 11.3 Å². The van der Waals surface area contributed by atoms with Gasteiger partial charge in [0.1, 0.15) is 0 Å². The van der Waals surface area contributed by atoms with Gasteiger partial charge in [0.2, 0.25) is 0 Å². The second-order valence-electron chi connectivity index (χ2n) is 7.45. The summed E-state index contributed by atoms with van der Waals surface area (Å²) >= 11 is 7.55. The lowest BCUT2D eigenvalue weighted by Gasteiger charge is -2.30. The first-order chi connectivity index (χ1) is 15.1. The van der Waals surface area contributed by atoms with Gasteiger partial charge in [-0.3, -0.25) is 9.59 Å². The molecule has 0 saturated heterocycles. The van der Waals surface area contributed by atoms with E-state index in [-0.39, 0.29) is 6.04 Å². The molecule has 160 valence electrons. The van der Waals surface area contributed by atoms with E-state index < -0.39 is 11.8 Å². The van der Waals surface area contributed by atoms with E-state index >= 15 is 0 Å². The number of nitrogens with zero attached hydrogens (tertiary/aromatic N) is 1. The van der Waals surface area contributed by atoms with Crippen molar-refractivity contribution in [3.8, 4) is 0 Å². The molecular weight excluding hydrogens is 430 g/mol. The van der Waals surface area contributed by atoms with Crippen LogP contribution in [0.15, 0.2) is 66.0 Å². The zero-order valence-electron chi connectivity index (χ0n) is 17.0. The van der Waals surface area contributed by atoms with Crippen LogP contribution in [0.3, 0.4) is 0 Å². The molecule has 1 aliphatic rings. The van der Waals surface area contributed by atoms with Gasteiger partial charge in [-0.1, -0.05) is 48.0 Å². The number of amides is 2. The first kappa shape index (κ1) is 21.4. The van der Waals surface area contributed by atoms with Crippen molar-refractivity contribution < 1.29 is 9.59 Å². The van der Waals surface area contributed by atoms with Crippen LogP contribution in [0.2, 0.25) is 5.02 Å². The maximum Gasteiger partial charge on any atom is 0.309 e. The fourth-order valence-corrected chi connectivity index (χ4v) is 4.82. The van der Waals surface area contributed by atoms with Crippen molar-refractivity contribution in [2.45, 2.75) is 18.9 Å². The van der Waals surface area contributed by atoms with Crippen LogP contribution in [-0.2, 0) is 22.4 Å². The smallest absolute Gasteiger partial charge is 0.309 e. The highest BCUT2D eigenvalue weighted by molar-refractivity contribution is 7.10. The van der Waals surface area contributed by atoms with E-state index in [0.29, 0.717) is 24.5 Å². The number of carbonyl (C=O) groups excluding carboxylic acids is 2. The highest BCUT2D eigenvalue weighted by atomic mass is 35.5. The summed E-state index contributed by atoms with van der Waals surface area (Å²) in [4.78, 5) is 28.1. The molecule has 3 aromatic rings. The third kappa shape index (κ3) is 5.27. The van der Waals surface area contributed by atoms with Crippen molar-refractivity contribution in [2.24, 2.45) is 0 Å². The molecule has 2 N–H and O–H groups in total.